The lowest BCUT2D eigenvalue weighted by atomic mass is 10.3. The molecular weight excluding hydrogens is 292 g/mol. The molecule has 0 spiro atoms. The van der Waals surface area contributed by atoms with Crippen molar-refractivity contribution >= 4 is 11.7 Å². The number of pyridine rings is 2. The smallest absolute Gasteiger partial charge is 0.269 e. The molecule has 6 nitrogen and oxygen atoms in total. The molecule has 1 saturated heterocycles. The first kappa shape index (κ1) is 15.4. The van der Waals surface area contributed by atoms with Crippen molar-refractivity contribution in [2.45, 2.75) is 12.5 Å². The Labute approximate surface area is 135 Å². The third-order valence-corrected chi connectivity index (χ3v) is 3.71. The van der Waals surface area contributed by atoms with Gasteiger partial charge in [-0.2, -0.15) is 0 Å². The van der Waals surface area contributed by atoms with Crippen LogP contribution in [0.1, 0.15) is 16.9 Å². The number of hydrogen-bond donors (Lipinski definition) is 1. The number of carbonyl (C=O) groups is 1. The van der Waals surface area contributed by atoms with Crippen LogP contribution in [0, 0.1) is 0 Å². The Hall–Kier alpha value is -2.47. The molecule has 3 rings (SSSR count). The molecule has 1 unspecified atom stereocenters. The Balaban J connectivity index is 1.58. The van der Waals surface area contributed by atoms with E-state index in [0.717, 1.165) is 18.8 Å². The van der Waals surface area contributed by atoms with Crippen LogP contribution in [0.25, 0.3) is 0 Å². The predicted molar refractivity (Wildman–Crippen MR) is 87.4 cm³/mol. The molecule has 1 amide bonds. The minimum absolute atomic E-state index is 0.0628. The summed E-state index contributed by atoms with van der Waals surface area (Å²) in [5.74, 6) is 0.766. The van der Waals surface area contributed by atoms with E-state index >= 15 is 0 Å². The van der Waals surface area contributed by atoms with E-state index in [2.05, 4.69) is 20.2 Å². The lowest BCUT2D eigenvalue weighted by molar-refractivity contribution is 0.0638. The SMILES string of the molecule is O=C(NCC1CN(c2ccccn2)CCCO1)c1ccccn1. The molecule has 0 radical (unpaired) electrons. The first-order chi connectivity index (χ1) is 11.3. The number of carbonyl (C=O) groups excluding carboxylic acids is 1. The second-order valence-corrected chi connectivity index (χ2v) is 5.41. The van der Waals surface area contributed by atoms with Gasteiger partial charge in [0.05, 0.1) is 6.10 Å². The maximum atomic E-state index is 12.1. The Morgan fingerprint density at radius 3 is 2.78 bits per heavy atom. The van der Waals surface area contributed by atoms with Gasteiger partial charge in [-0.3, -0.25) is 9.78 Å². The molecule has 1 aliphatic rings. The van der Waals surface area contributed by atoms with E-state index in [1.165, 1.54) is 0 Å². The largest absolute Gasteiger partial charge is 0.374 e. The molecule has 2 aromatic heterocycles. The van der Waals surface area contributed by atoms with Crippen molar-refractivity contribution in [2.24, 2.45) is 0 Å². The molecule has 120 valence electrons. The zero-order valence-corrected chi connectivity index (χ0v) is 12.9. The molecule has 1 aliphatic heterocycles. The van der Waals surface area contributed by atoms with Gasteiger partial charge in [-0.15, -0.1) is 0 Å². The highest BCUT2D eigenvalue weighted by Crippen LogP contribution is 2.14. The summed E-state index contributed by atoms with van der Waals surface area (Å²) < 4.78 is 5.84. The third-order valence-electron chi connectivity index (χ3n) is 3.71. The fourth-order valence-electron chi connectivity index (χ4n) is 2.56. The van der Waals surface area contributed by atoms with Crippen molar-refractivity contribution < 1.29 is 9.53 Å². The van der Waals surface area contributed by atoms with Crippen molar-refractivity contribution in [3.63, 3.8) is 0 Å². The molecule has 1 N–H and O–H groups in total. The van der Waals surface area contributed by atoms with Crippen LogP contribution in [0.4, 0.5) is 5.82 Å². The van der Waals surface area contributed by atoms with E-state index in [0.29, 0.717) is 25.4 Å². The van der Waals surface area contributed by atoms with Crippen LogP contribution < -0.4 is 10.2 Å². The fraction of sp³-hybridized carbons (Fsp3) is 0.353. The van der Waals surface area contributed by atoms with E-state index in [1.807, 2.05) is 18.2 Å². The van der Waals surface area contributed by atoms with Crippen LogP contribution >= 0.6 is 0 Å². The Bertz CT molecular complexity index is 621. The van der Waals surface area contributed by atoms with Crippen LogP contribution in [0.5, 0.6) is 0 Å². The van der Waals surface area contributed by atoms with Gasteiger partial charge < -0.3 is 15.0 Å². The van der Waals surface area contributed by atoms with Crippen molar-refractivity contribution in [1.29, 1.82) is 0 Å². The number of aromatic nitrogens is 2. The highest BCUT2D eigenvalue weighted by molar-refractivity contribution is 5.92. The summed E-state index contributed by atoms with van der Waals surface area (Å²) in [6.07, 6.45) is 4.28. The highest BCUT2D eigenvalue weighted by atomic mass is 16.5. The summed E-state index contributed by atoms with van der Waals surface area (Å²) in [7, 11) is 0. The molecule has 2 aromatic rings. The first-order valence-corrected chi connectivity index (χ1v) is 7.80. The lowest BCUT2D eigenvalue weighted by Crippen LogP contribution is -2.40. The number of anilines is 1. The van der Waals surface area contributed by atoms with Crippen LogP contribution in [-0.4, -0.2) is 48.2 Å². The van der Waals surface area contributed by atoms with Gasteiger partial charge in [0.2, 0.25) is 0 Å². The van der Waals surface area contributed by atoms with Gasteiger partial charge in [-0.1, -0.05) is 12.1 Å². The Morgan fingerprint density at radius 1 is 1.22 bits per heavy atom. The van der Waals surface area contributed by atoms with Crippen LogP contribution in [0.15, 0.2) is 48.8 Å². The van der Waals surface area contributed by atoms with Gasteiger partial charge >= 0.3 is 0 Å². The summed E-state index contributed by atoms with van der Waals surface area (Å²) in [6, 6.07) is 11.2. The van der Waals surface area contributed by atoms with Crippen molar-refractivity contribution in [3.05, 3.63) is 54.5 Å². The number of amides is 1. The average molecular weight is 312 g/mol. The molecule has 0 aromatic carbocycles. The van der Waals surface area contributed by atoms with E-state index < -0.39 is 0 Å². The minimum atomic E-state index is -0.178. The topological polar surface area (TPSA) is 67.4 Å². The number of ether oxygens (including phenoxy) is 1. The molecular formula is C17H20N4O2. The quantitative estimate of drug-likeness (QED) is 0.927. The predicted octanol–water partition coefficient (Wildman–Crippen LogP) is 1.50. The van der Waals surface area contributed by atoms with Gasteiger partial charge in [-0.25, -0.2) is 4.98 Å². The third kappa shape index (κ3) is 4.26. The zero-order chi connectivity index (χ0) is 15.9. The number of rotatable bonds is 4. The maximum absolute atomic E-state index is 12.1. The van der Waals surface area contributed by atoms with Gasteiger partial charge in [0, 0.05) is 38.6 Å². The van der Waals surface area contributed by atoms with Gasteiger partial charge in [0.15, 0.2) is 0 Å². The lowest BCUT2D eigenvalue weighted by Gasteiger charge is -2.24. The van der Waals surface area contributed by atoms with Crippen LogP contribution in [0.2, 0.25) is 0 Å². The summed E-state index contributed by atoms with van der Waals surface area (Å²) in [5, 5.41) is 2.89. The maximum Gasteiger partial charge on any atom is 0.269 e. The summed E-state index contributed by atoms with van der Waals surface area (Å²) in [4.78, 5) is 22.7. The molecule has 0 aliphatic carbocycles. The van der Waals surface area contributed by atoms with Crippen molar-refractivity contribution in [3.8, 4) is 0 Å². The summed E-state index contributed by atoms with van der Waals surface area (Å²) >= 11 is 0. The second-order valence-electron chi connectivity index (χ2n) is 5.41. The van der Waals surface area contributed by atoms with Gasteiger partial charge in [0.1, 0.15) is 11.5 Å². The zero-order valence-electron chi connectivity index (χ0n) is 12.9. The molecule has 0 bridgehead atoms. The Morgan fingerprint density at radius 2 is 2.04 bits per heavy atom. The van der Waals surface area contributed by atoms with E-state index in [-0.39, 0.29) is 12.0 Å². The molecule has 6 heteroatoms. The average Bonchev–Trinajstić information content (AvgIpc) is 2.87. The summed E-state index contributed by atoms with van der Waals surface area (Å²) in [6.45, 7) is 2.76. The number of nitrogens with zero attached hydrogens (tertiary/aromatic N) is 3. The molecule has 1 atom stereocenters. The van der Waals surface area contributed by atoms with E-state index in [4.69, 9.17) is 4.74 Å². The highest BCUT2D eigenvalue weighted by Gasteiger charge is 2.20. The second kappa shape index (κ2) is 7.69. The first-order valence-electron chi connectivity index (χ1n) is 7.80. The van der Waals surface area contributed by atoms with Gasteiger partial charge in [0.25, 0.3) is 5.91 Å². The van der Waals surface area contributed by atoms with Crippen LogP contribution in [0.3, 0.4) is 0 Å². The number of hydrogen-bond acceptors (Lipinski definition) is 5. The number of nitrogens with one attached hydrogen (secondary N) is 1. The normalized spacial score (nSPS) is 18.3. The summed E-state index contributed by atoms with van der Waals surface area (Å²) in [5.41, 5.74) is 0.419. The Kier molecular flexibility index (Phi) is 5.16. The van der Waals surface area contributed by atoms with E-state index in [1.54, 1.807) is 30.6 Å². The fourth-order valence-corrected chi connectivity index (χ4v) is 2.56. The van der Waals surface area contributed by atoms with E-state index in [9.17, 15) is 4.79 Å². The van der Waals surface area contributed by atoms with Crippen molar-refractivity contribution in [1.82, 2.24) is 15.3 Å². The molecule has 1 fully saturated rings. The standard InChI is InChI=1S/C17H20N4O2/c22-17(15-6-1-3-8-18-15)20-12-14-13-21(10-5-11-23-14)16-7-2-4-9-19-16/h1-4,6-9,14H,5,10-13H2,(H,20,22). The molecule has 3 heterocycles. The molecule has 23 heavy (non-hydrogen) atoms. The van der Waals surface area contributed by atoms with Crippen molar-refractivity contribution in [2.75, 3.05) is 31.1 Å². The molecule has 0 saturated carbocycles. The van der Waals surface area contributed by atoms with Gasteiger partial charge in [-0.05, 0) is 30.7 Å². The monoisotopic (exact) mass is 312 g/mol. The minimum Gasteiger partial charge on any atom is -0.374 e. The van der Waals surface area contributed by atoms with Crippen LogP contribution in [-0.2, 0) is 4.74 Å².